The van der Waals surface area contributed by atoms with E-state index in [1.165, 1.54) is 17.0 Å². The van der Waals surface area contributed by atoms with Gasteiger partial charge in [0.25, 0.3) is 6.43 Å². The molecule has 0 aromatic heterocycles. The summed E-state index contributed by atoms with van der Waals surface area (Å²) in [6.45, 7) is 1.94. The van der Waals surface area contributed by atoms with Crippen molar-refractivity contribution in [3.8, 4) is 6.07 Å². The van der Waals surface area contributed by atoms with Gasteiger partial charge in [-0.15, -0.1) is 0 Å². The lowest BCUT2D eigenvalue weighted by molar-refractivity contribution is -0.213. The number of benzene rings is 1. The van der Waals surface area contributed by atoms with E-state index in [-0.39, 0.29) is 23.7 Å². The zero-order chi connectivity index (χ0) is 17.9. The number of aliphatic hydroxyl groups excluding tert-OH is 1. The van der Waals surface area contributed by atoms with Crippen LogP contribution >= 0.6 is 0 Å². The summed E-state index contributed by atoms with van der Waals surface area (Å²) in [5.41, 5.74) is -1.24. The van der Waals surface area contributed by atoms with Crippen molar-refractivity contribution < 1.29 is 27.1 Å². The van der Waals surface area contributed by atoms with Gasteiger partial charge in [-0.05, 0) is 36.0 Å². The molecule has 1 aromatic rings. The van der Waals surface area contributed by atoms with Gasteiger partial charge in [0.15, 0.2) is 6.10 Å². The average molecular weight is 346 g/mol. The van der Waals surface area contributed by atoms with Crippen molar-refractivity contribution in [1.82, 2.24) is 0 Å². The summed E-state index contributed by atoms with van der Waals surface area (Å²) in [5.74, 6) is -0.00913. The van der Waals surface area contributed by atoms with Crippen molar-refractivity contribution >= 4 is 5.69 Å². The van der Waals surface area contributed by atoms with Crippen LogP contribution in [-0.2, 0) is 0 Å². The molecule has 2 fully saturated rings. The number of fused-ring (bicyclic) bond motifs is 1. The topological polar surface area (TPSA) is 47.3 Å². The lowest BCUT2D eigenvalue weighted by Crippen LogP contribution is -2.51. The van der Waals surface area contributed by atoms with E-state index in [2.05, 4.69) is 0 Å². The average Bonchev–Trinajstić information content (AvgIpc) is 3.06. The van der Waals surface area contributed by atoms with Crippen LogP contribution in [0.1, 0.15) is 30.9 Å². The molecule has 8 heteroatoms. The lowest BCUT2D eigenvalue weighted by atomic mass is 9.92. The Morgan fingerprint density at radius 3 is 2.58 bits per heavy atom. The SMILES string of the molecule is C[C@@]12C[C@H]1CN(c1ccc(C#N)c(C(F)F)c1)[C@H]2[C@@H](O)C(F)(F)F. The molecule has 1 saturated carbocycles. The second-order valence-electron chi connectivity index (χ2n) is 6.67. The van der Waals surface area contributed by atoms with Gasteiger partial charge in [-0.2, -0.15) is 18.4 Å². The van der Waals surface area contributed by atoms with E-state index in [1.54, 1.807) is 13.0 Å². The minimum Gasteiger partial charge on any atom is -0.382 e. The van der Waals surface area contributed by atoms with Gasteiger partial charge in [0.05, 0.1) is 17.7 Å². The maximum atomic E-state index is 13.1. The third kappa shape index (κ3) is 2.51. The molecule has 4 atom stereocenters. The Kier molecular flexibility index (Phi) is 3.75. The second-order valence-corrected chi connectivity index (χ2v) is 6.67. The molecule has 1 aliphatic carbocycles. The molecular weight excluding hydrogens is 331 g/mol. The van der Waals surface area contributed by atoms with E-state index < -0.39 is 35.7 Å². The van der Waals surface area contributed by atoms with Gasteiger partial charge in [0, 0.05) is 17.8 Å². The smallest absolute Gasteiger partial charge is 0.382 e. The molecule has 1 aromatic carbocycles. The van der Waals surface area contributed by atoms with Gasteiger partial charge >= 0.3 is 6.18 Å². The standard InChI is InChI=1S/C16H15F5N2O/c1-15-5-9(15)7-23(12(15)13(24)16(19,20)21)10-3-2-8(6-22)11(4-10)14(17)18/h2-4,9,12-14,24H,5,7H2,1H3/t9-,12-,13+,15+/m0/s1. The van der Waals surface area contributed by atoms with Gasteiger partial charge in [0.2, 0.25) is 0 Å². The Morgan fingerprint density at radius 2 is 2.04 bits per heavy atom. The van der Waals surface area contributed by atoms with Gasteiger partial charge in [-0.1, -0.05) is 6.92 Å². The maximum absolute atomic E-state index is 13.1. The van der Waals surface area contributed by atoms with E-state index >= 15 is 0 Å². The highest BCUT2D eigenvalue weighted by molar-refractivity contribution is 5.57. The first-order valence-electron chi connectivity index (χ1n) is 7.43. The number of nitrogens with zero attached hydrogens (tertiary/aromatic N) is 2. The van der Waals surface area contributed by atoms with Crippen LogP contribution < -0.4 is 4.90 Å². The first-order valence-corrected chi connectivity index (χ1v) is 7.43. The highest BCUT2D eigenvalue weighted by Crippen LogP contribution is 2.63. The molecule has 0 radical (unpaired) electrons. The summed E-state index contributed by atoms with van der Waals surface area (Å²) in [4.78, 5) is 1.35. The Hall–Kier alpha value is -1.88. The molecule has 0 bridgehead atoms. The van der Waals surface area contributed by atoms with Crippen LogP contribution in [0, 0.1) is 22.7 Å². The molecule has 130 valence electrons. The summed E-state index contributed by atoms with van der Waals surface area (Å²) in [6.07, 6.45) is -9.68. The predicted molar refractivity (Wildman–Crippen MR) is 75.5 cm³/mol. The van der Waals surface area contributed by atoms with Crippen molar-refractivity contribution in [2.24, 2.45) is 11.3 Å². The Bertz CT molecular complexity index is 699. The summed E-state index contributed by atoms with van der Waals surface area (Å²) in [5, 5.41) is 18.7. The van der Waals surface area contributed by atoms with Crippen molar-refractivity contribution in [3.05, 3.63) is 29.3 Å². The zero-order valence-electron chi connectivity index (χ0n) is 12.7. The van der Waals surface area contributed by atoms with Crippen molar-refractivity contribution in [2.75, 3.05) is 11.4 Å². The number of rotatable bonds is 3. The van der Waals surface area contributed by atoms with Crippen LogP contribution in [-0.4, -0.2) is 30.0 Å². The van der Waals surface area contributed by atoms with Crippen LogP contribution in [0.2, 0.25) is 0 Å². The number of halogens is 5. The molecule has 24 heavy (non-hydrogen) atoms. The Balaban J connectivity index is 2.00. The van der Waals surface area contributed by atoms with E-state index in [1.807, 2.05) is 0 Å². The summed E-state index contributed by atoms with van der Waals surface area (Å²) < 4.78 is 65.3. The van der Waals surface area contributed by atoms with Gasteiger partial charge in [-0.3, -0.25) is 0 Å². The number of hydrogen-bond acceptors (Lipinski definition) is 3. The lowest BCUT2D eigenvalue weighted by Gasteiger charge is -2.36. The van der Waals surface area contributed by atoms with E-state index in [4.69, 9.17) is 5.26 Å². The molecule has 1 heterocycles. The van der Waals surface area contributed by atoms with Crippen molar-refractivity contribution in [3.63, 3.8) is 0 Å². The molecule has 0 amide bonds. The fourth-order valence-corrected chi connectivity index (χ4v) is 3.80. The van der Waals surface area contributed by atoms with Crippen molar-refractivity contribution in [1.29, 1.82) is 5.26 Å². The van der Waals surface area contributed by atoms with E-state index in [0.29, 0.717) is 6.42 Å². The molecule has 2 aliphatic rings. The molecule has 1 aliphatic heterocycles. The number of hydrogen-bond donors (Lipinski definition) is 1. The molecular formula is C16H15F5N2O. The third-order valence-corrected chi connectivity index (χ3v) is 5.24. The first-order chi connectivity index (χ1) is 11.1. The Morgan fingerprint density at radius 1 is 1.38 bits per heavy atom. The van der Waals surface area contributed by atoms with Gasteiger partial charge < -0.3 is 10.0 Å². The number of nitriles is 1. The van der Waals surface area contributed by atoms with E-state index in [0.717, 1.165) is 6.07 Å². The first kappa shape index (κ1) is 17.0. The molecule has 0 unspecified atom stereocenters. The quantitative estimate of drug-likeness (QED) is 0.850. The third-order valence-electron chi connectivity index (χ3n) is 5.24. The molecule has 3 rings (SSSR count). The van der Waals surface area contributed by atoms with E-state index in [9.17, 15) is 27.1 Å². The fourth-order valence-electron chi connectivity index (χ4n) is 3.80. The highest BCUT2D eigenvalue weighted by atomic mass is 19.4. The maximum Gasteiger partial charge on any atom is 0.416 e. The second kappa shape index (κ2) is 5.31. The highest BCUT2D eigenvalue weighted by Gasteiger charge is 2.68. The van der Waals surface area contributed by atoms with Crippen molar-refractivity contribution in [2.45, 2.75) is 38.1 Å². The number of alkyl halides is 5. The molecule has 0 spiro atoms. The minimum atomic E-state index is -4.79. The van der Waals surface area contributed by atoms with Crippen LogP contribution in [0.3, 0.4) is 0 Å². The fraction of sp³-hybridized carbons (Fsp3) is 0.562. The predicted octanol–water partition coefficient (Wildman–Crippen LogP) is 3.63. The summed E-state index contributed by atoms with van der Waals surface area (Å²) >= 11 is 0. The largest absolute Gasteiger partial charge is 0.416 e. The Labute approximate surface area is 135 Å². The number of piperidine rings is 1. The summed E-state index contributed by atoms with van der Waals surface area (Å²) in [7, 11) is 0. The number of anilines is 1. The van der Waals surface area contributed by atoms with Crippen LogP contribution in [0.25, 0.3) is 0 Å². The van der Waals surface area contributed by atoms with Gasteiger partial charge in [-0.25, -0.2) is 8.78 Å². The monoisotopic (exact) mass is 346 g/mol. The molecule has 3 nitrogen and oxygen atoms in total. The van der Waals surface area contributed by atoms with Crippen LogP contribution in [0.4, 0.5) is 27.6 Å². The van der Waals surface area contributed by atoms with Crippen LogP contribution in [0.5, 0.6) is 0 Å². The zero-order valence-corrected chi connectivity index (χ0v) is 12.7. The van der Waals surface area contributed by atoms with Gasteiger partial charge in [0.1, 0.15) is 0 Å². The number of aliphatic hydroxyl groups is 1. The minimum absolute atomic E-state index is 0.00913. The molecule has 1 saturated heterocycles. The summed E-state index contributed by atoms with van der Waals surface area (Å²) in [6, 6.07) is 4.01. The normalized spacial score (nSPS) is 30.2. The van der Waals surface area contributed by atoms with Crippen LogP contribution in [0.15, 0.2) is 18.2 Å². The molecule has 1 N–H and O–H groups in total.